The van der Waals surface area contributed by atoms with E-state index >= 15 is 0 Å². The molecule has 1 atom stereocenters. The van der Waals surface area contributed by atoms with Gasteiger partial charge >= 0.3 is 0 Å². The molecule has 0 aliphatic rings. The highest BCUT2D eigenvalue weighted by Crippen LogP contribution is 2.32. The first kappa shape index (κ1) is 13.5. The van der Waals surface area contributed by atoms with Gasteiger partial charge in [0, 0.05) is 15.2 Å². The number of aromatic hydroxyl groups is 1. The summed E-state index contributed by atoms with van der Waals surface area (Å²) in [5, 5.41) is 9.91. The molecule has 0 aliphatic heterocycles. The summed E-state index contributed by atoms with van der Waals surface area (Å²) in [5.41, 5.74) is 6.93. The summed E-state index contributed by atoms with van der Waals surface area (Å²) in [5.74, 6) is 0.874. The van der Waals surface area contributed by atoms with Gasteiger partial charge in [-0.1, -0.05) is 13.8 Å². The minimum absolute atomic E-state index is 0.0757. The van der Waals surface area contributed by atoms with E-state index in [-0.39, 0.29) is 6.04 Å². The molecule has 0 saturated heterocycles. The van der Waals surface area contributed by atoms with Crippen LogP contribution in [-0.2, 0) is 0 Å². The monoisotopic (exact) mass is 431 g/mol. The normalized spacial score (nSPS) is 13.2. The molecule has 0 spiro atoms. The molecule has 84 valence electrons. The van der Waals surface area contributed by atoms with Gasteiger partial charge in [-0.2, -0.15) is 0 Å². The zero-order valence-electron chi connectivity index (χ0n) is 8.80. The number of halogens is 2. The van der Waals surface area contributed by atoms with Crippen molar-refractivity contribution < 1.29 is 5.11 Å². The van der Waals surface area contributed by atoms with Gasteiger partial charge in [0.1, 0.15) is 5.75 Å². The summed E-state index contributed by atoms with van der Waals surface area (Å²) in [6.07, 6.45) is 0.893. The van der Waals surface area contributed by atoms with Gasteiger partial charge in [0.2, 0.25) is 0 Å². The van der Waals surface area contributed by atoms with Gasteiger partial charge in [-0.25, -0.2) is 0 Å². The number of hydrogen-bond acceptors (Lipinski definition) is 2. The fourth-order valence-corrected chi connectivity index (χ4v) is 3.39. The topological polar surface area (TPSA) is 46.2 Å². The second kappa shape index (κ2) is 5.67. The fraction of sp³-hybridized carbons (Fsp3) is 0.455. The second-order valence-corrected chi connectivity index (χ2v) is 6.47. The van der Waals surface area contributed by atoms with Crippen molar-refractivity contribution in [2.24, 2.45) is 11.7 Å². The number of phenolic OH excluding ortho intramolecular Hbond substituents is 1. The molecule has 0 heterocycles. The Balaban J connectivity index is 3.02. The molecule has 0 aromatic heterocycles. The average Bonchev–Trinajstić information content (AvgIpc) is 2.09. The molecule has 0 amide bonds. The predicted molar refractivity (Wildman–Crippen MR) is 79.9 cm³/mol. The quantitative estimate of drug-likeness (QED) is 0.719. The van der Waals surface area contributed by atoms with Crippen LogP contribution in [0.3, 0.4) is 0 Å². The zero-order chi connectivity index (χ0) is 11.6. The number of nitrogens with two attached hydrogens (primary N) is 1. The van der Waals surface area contributed by atoms with E-state index in [2.05, 4.69) is 59.0 Å². The van der Waals surface area contributed by atoms with Crippen LogP contribution in [0.4, 0.5) is 0 Å². The highest BCUT2D eigenvalue weighted by Gasteiger charge is 2.15. The van der Waals surface area contributed by atoms with Crippen molar-refractivity contribution in [3.63, 3.8) is 0 Å². The molecule has 4 heteroatoms. The maximum absolute atomic E-state index is 9.91. The Kier molecular flexibility index (Phi) is 5.11. The summed E-state index contributed by atoms with van der Waals surface area (Å²) >= 11 is 4.38. The molecule has 0 bridgehead atoms. The lowest BCUT2D eigenvalue weighted by Crippen LogP contribution is -2.13. The molecular formula is C11H15I2NO. The third-order valence-corrected chi connectivity index (χ3v) is 3.63. The van der Waals surface area contributed by atoms with Gasteiger partial charge in [0.25, 0.3) is 0 Å². The van der Waals surface area contributed by atoms with Crippen LogP contribution in [0, 0.1) is 13.1 Å². The van der Waals surface area contributed by atoms with Gasteiger partial charge in [-0.3, -0.25) is 0 Å². The minimum atomic E-state index is -0.0757. The van der Waals surface area contributed by atoms with Crippen LogP contribution in [0.25, 0.3) is 0 Å². The maximum atomic E-state index is 9.91. The van der Waals surface area contributed by atoms with Crippen LogP contribution in [0.1, 0.15) is 31.9 Å². The highest BCUT2D eigenvalue weighted by molar-refractivity contribution is 14.1. The molecule has 0 fully saturated rings. The van der Waals surface area contributed by atoms with Crippen LogP contribution in [0.5, 0.6) is 5.75 Å². The predicted octanol–water partition coefficient (Wildman–Crippen LogP) is 3.65. The number of phenols is 1. The van der Waals surface area contributed by atoms with Gasteiger partial charge < -0.3 is 10.8 Å². The summed E-state index contributed by atoms with van der Waals surface area (Å²) in [6.45, 7) is 4.27. The van der Waals surface area contributed by atoms with Crippen molar-refractivity contribution >= 4 is 45.2 Å². The Morgan fingerprint density at radius 1 is 1.33 bits per heavy atom. The summed E-state index contributed by atoms with van der Waals surface area (Å²) in [6, 6.07) is 3.83. The SMILES string of the molecule is CC(C)C[C@@H](N)c1cc(I)cc(I)c1O. The lowest BCUT2D eigenvalue weighted by atomic mass is 9.97. The molecular weight excluding hydrogens is 416 g/mol. The van der Waals surface area contributed by atoms with E-state index in [9.17, 15) is 5.11 Å². The first-order valence-electron chi connectivity index (χ1n) is 4.85. The van der Waals surface area contributed by atoms with Gasteiger partial charge in [-0.15, -0.1) is 0 Å². The number of hydrogen-bond donors (Lipinski definition) is 2. The Morgan fingerprint density at radius 2 is 1.93 bits per heavy atom. The fourth-order valence-electron chi connectivity index (χ4n) is 1.50. The maximum Gasteiger partial charge on any atom is 0.133 e. The Labute approximate surface area is 118 Å². The van der Waals surface area contributed by atoms with Gasteiger partial charge in [0.15, 0.2) is 0 Å². The van der Waals surface area contributed by atoms with E-state index in [1.165, 1.54) is 0 Å². The largest absolute Gasteiger partial charge is 0.506 e. The molecule has 0 saturated carbocycles. The lowest BCUT2D eigenvalue weighted by molar-refractivity contribution is 0.442. The highest BCUT2D eigenvalue weighted by atomic mass is 127. The van der Waals surface area contributed by atoms with Crippen molar-refractivity contribution in [1.29, 1.82) is 0 Å². The summed E-state index contributed by atoms with van der Waals surface area (Å²) in [7, 11) is 0. The van der Waals surface area contributed by atoms with E-state index in [0.717, 1.165) is 19.1 Å². The molecule has 2 nitrogen and oxygen atoms in total. The van der Waals surface area contributed by atoms with Crippen LogP contribution in [-0.4, -0.2) is 5.11 Å². The van der Waals surface area contributed by atoms with Crippen molar-refractivity contribution in [1.82, 2.24) is 0 Å². The molecule has 0 radical (unpaired) electrons. The average molecular weight is 431 g/mol. The first-order chi connectivity index (χ1) is 6.91. The van der Waals surface area contributed by atoms with Crippen LogP contribution in [0.2, 0.25) is 0 Å². The number of benzene rings is 1. The molecule has 0 unspecified atom stereocenters. The molecule has 1 rings (SSSR count). The molecule has 0 aliphatic carbocycles. The summed E-state index contributed by atoms with van der Waals surface area (Å²) < 4.78 is 1.98. The Bertz CT molecular complexity index is 353. The van der Waals surface area contributed by atoms with Gasteiger partial charge in [0.05, 0.1) is 3.57 Å². The van der Waals surface area contributed by atoms with Crippen molar-refractivity contribution in [2.75, 3.05) is 0 Å². The van der Waals surface area contributed by atoms with E-state index in [1.807, 2.05) is 12.1 Å². The third-order valence-electron chi connectivity index (χ3n) is 2.18. The Morgan fingerprint density at radius 3 is 2.47 bits per heavy atom. The minimum Gasteiger partial charge on any atom is -0.506 e. The van der Waals surface area contributed by atoms with E-state index in [4.69, 9.17) is 5.73 Å². The van der Waals surface area contributed by atoms with Crippen LogP contribution < -0.4 is 5.73 Å². The van der Waals surface area contributed by atoms with E-state index in [1.54, 1.807) is 0 Å². The Hall–Kier alpha value is 0.440. The van der Waals surface area contributed by atoms with Crippen molar-refractivity contribution in [2.45, 2.75) is 26.3 Å². The molecule has 15 heavy (non-hydrogen) atoms. The first-order valence-corrected chi connectivity index (χ1v) is 7.01. The standard InChI is InChI=1S/C11H15I2NO/c1-6(2)3-10(14)8-4-7(12)5-9(13)11(8)15/h4-6,10,15H,3,14H2,1-2H3/t10-/m1/s1. The zero-order valence-corrected chi connectivity index (χ0v) is 13.1. The third kappa shape index (κ3) is 3.74. The lowest BCUT2D eigenvalue weighted by Gasteiger charge is -2.17. The van der Waals surface area contributed by atoms with E-state index < -0.39 is 0 Å². The van der Waals surface area contributed by atoms with Crippen molar-refractivity contribution in [3.05, 3.63) is 24.8 Å². The van der Waals surface area contributed by atoms with Crippen LogP contribution >= 0.6 is 45.2 Å². The second-order valence-electron chi connectivity index (χ2n) is 4.06. The molecule has 1 aromatic carbocycles. The van der Waals surface area contributed by atoms with E-state index in [0.29, 0.717) is 11.7 Å². The van der Waals surface area contributed by atoms with Crippen LogP contribution in [0.15, 0.2) is 12.1 Å². The van der Waals surface area contributed by atoms with Gasteiger partial charge in [-0.05, 0) is 69.7 Å². The van der Waals surface area contributed by atoms with Crippen molar-refractivity contribution in [3.8, 4) is 5.75 Å². The molecule has 3 N–H and O–H groups in total. The summed E-state index contributed by atoms with van der Waals surface area (Å²) in [4.78, 5) is 0. The number of rotatable bonds is 3. The molecule has 1 aromatic rings. The smallest absolute Gasteiger partial charge is 0.133 e.